The van der Waals surface area contributed by atoms with Crippen molar-refractivity contribution in [3.05, 3.63) is 23.5 Å². The third-order valence-electron chi connectivity index (χ3n) is 1.74. The third kappa shape index (κ3) is 1.97. The number of nitrogen functional groups attached to an aromatic ring is 1. The molecule has 0 saturated carbocycles. The van der Waals surface area contributed by atoms with Crippen molar-refractivity contribution in [3.8, 4) is 0 Å². The standard InChI is InChI=1S/C10H16N2/c1-7-5-8(11)6-9(12-7)10(2,3)4/h5-6H,1-4H3,(H2,11,12). The summed E-state index contributed by atoms with van der Waals surface area (Å²) in [6.45, 7) is 8.36. The molecule has 66 valence electrons. The molecule has 0 aliphatic rings. The molecule has 0 atom stereocenters. The summed E-state index contributed by atoms with van der Waals surface area (Å²) in [5.41, 5.74) is 8.64. The summed E-state index contributed by atoms with van der Waals surface area (Å²) < 4.78 is 0. The second kappa shape index (κ2) is 2.77. The lowest BCUT2D eigenvalue weighted by Crippen LogP contribution is -2.14. The molecule has 12 heavy (non-hydrogen) atoms. The Morgan fingerprint density at radius 2 is 1.83 bits per heavy atom. The second-order valence-corrected chi connectivity index (χ2v) is 4.18. The normalized spacial score (nSPS) is 11.7. The SMILES string of the molecule is Cc1cc(N)cc(C(C)(C)C)n1. The van der Waals surface area contributed by atoms with Gasteiger partial charge in [-0.05, 0) is 19.1 Å². The van der Waals surface area contributed by atoms with Crippen LogP contribution in [0.5, 0.6) is 0 Å². The molecule has 1 rings (SSSR count). The van der Waals surface area contributed by atoms with Gasteiger partial charge in [-0.15, -0.1) is 0 Å². The van der Waals surface area contributed by atoms with Crippen molar-refractivity contribution in [2.45, 2.75) is 33.1 Å². The maximum atomic E-state index is 5.72. The van der Waals surface area contributed by atoms with Gasteiger partial charge in [0, 0.05) is 22.5 Å². The molecule has 0 amide bonds. The molecule has 0 fully saturated rings. The predicted octanol–water partition coefficient (Wildman–Crippen LogP) is 2.27. The van der Waals surface area contributed by atoms with Crippen LogP contribution in [0.2, 0.25) is 0 Å². The van der Waals surface area contributed by atoms with Crippen LogP contribution in [0.3, 0.4) is 0 Å². The number of hydrogen-bond donors (Lipinski definition) is 1. The minimum absolute atomic E-state index is 0.0835. The van der Waals surface area contributed by atoms with Gasteiger partial charge in [0.1, 0.15) is 0 Å². The minimum Gasteiger partial charge on any atom is -0.399 e. The first-order valence-corrected chi connectivity index (χ1v) is 4.14. The predicted molar refractivity (Wildman–Crippen MR) is 52.1 cm³/mol. The lowest BCUT2D eigenvalue weighted by atomic mass is 9.91. The largest absolute Gasteiger partial charge is 0.399 e. The Morgan fingerprint density at radius 3 is 2.25 bits per heavy atom. The summed E-state index contributed by atoms with van der Waals surface area (Å²) in [5, 5.41) is 0. The molecule has 0 aliphatic heterocycles. The monoisotopic (exact) mass is 164 g/mol. The van der Waals surface area contributed by atoms with Crippen molar-refractivity contribution in [1.29, 1.82) is 0 Å². The summed E-state index contributed by atoms with van der Waals surface area (Å²) >= 11 is 0. The molecule has 0 unspecified atom stereocenters. The second-order valence-electron chi connectivity index (χ2n) is 4.18. The van der Waals surface area contributed by atoms with Crippen LogP contribution in [-0.2, 0) is 5.41 Å². The van der Waals surface area contributed by atoms with Gasteiger partial charge in [0.2, 0.25) is 0 Å². The molecule has 2 nitrogen and oxygen atoms in total. The fourth-order valence-corrected chi connectivity index (χ4v) is 1.08. The molecule has 2 heteroatoms. The van der Waals surface area contributed by atoms with E-state index in [4.69, 9.17) is 5.73 Å². The average Bonchev–Trinajstić information content (AvgIpc) is 1.82. The Morgan fingerprint density at radius 1 is 1.25 bits per heavy atom. The summed E-state index contributed by atoms with van der Waals surface area (Å²) in [7, 11) is 0. The highest BCUT2D eigenvalue weighted by molar-refractivity contribution is 5.41. The van der Waals surface area contributed by atoms with Crippen molar-refractivity contribution >= 4 is 5.69 Å². The molecule has 0 aliphatic carbocycles. The first-order chi connectivity index (χ1) is 5.39. The fraction of sp³-hybridized carbons (Fsp3) is 0.500. The van der Waals surface area contributed by atoms with Crippen LogP contribution in [-0.4, -0.2) is 4.98 Å². The van der Waals surface area contributed by atoms with Crippen LogP contribution >= 0.6 is 0 Å². The van der Waals surface area contributed by atoms with E-state index >= 15 is 0 Å². The van der Waals surface area contributed by atoms with Crippen LogP contribution in [0, 0.1) is 6.92 Å². The number of pyridine rings is 1. The molecule has 1 aromatic heterocycles. The van der Waals surface area contributed by atoms with E-state index < -0.39 is 0 Å². The zero-order valence-corrected chi connectivity index (χ0v) is 8.18. The number of aryl methyl sites for hydroxylation is 1. The molecule has 0 saturated heterocycles. The van der Waals surface area contributed by atoms with Crippen molar-refractivity contribution in [2.75, 3.05) is 5.73 Å². The smallest absolute Gasteiger partial charge is 0.0480 e. The molecular formula is C10H16N2. The van der Waals surface area contributed by atoms with Crippen molar-refractivity contribution in [1.82, 2.24) is 4.98 Å². The van der Waals surface area contributed by atoms with Gasteiger partial charge in [-0.3, -0.25) is 4.98 Å². The van der Waals surface area contributed by atoms with E-state index in [1.54, 1.807) is 0 Å². The molecule has 0 aromatic carbocycles. The van der Waals surface area contributed by atoms with E-state index in [1.165, 1.54) is 0 Å². The van der Waals surface area contributed by atoms with E-state index in [0.29, 0.717) is 0 Å². The highest BCUT2D eigenvalue weighted by Crippen LogP contribution is 2.22. The van der Waals surface area contributed by atoms with E-state index in [9.17, 15) is 0 Å². The van der Waals surface area contributed by atoms with Crippen molar-refractivity contribution < 1.29 is 0 Å². The van der Waals surface area contributed by atoms with Gasteiger partial charge in [0.25, 0.3) is 0 Å². The van der Waals surface area contributed by atoms with E-state index in [2.05, 4.69) is 25.8 Å². The quantitative estimate of drug-likeness (QED) is 0.638. The first-order valence-electron chi connectivity index (χ1n) is 4.14. The van der Waals surface area contributed by atoms with Gasteiger partial charge in [-0.2, -0.15) is 0 Å². The Balaban J connectivity index is 3.18. The Hall–Kier alpha value is -1.05. The Labute approximate surface area is 73.8 Å². The Kier molecular flexibility index (Phi) is 2.09. The van der Waals surface area contributed by atoms with E-state index in [0.717, 1.165) is 17.1 Å². The molecule has 1 heterocycles. The number of rotatable bonds is 0. The molecule has 0 spiro atoms. The van der Waals surface area contributed by atoms with Crippen molar-refractivity contribution in [2.24, 2.45) is 0 Å². The third-order valence-corrected chi connectivity index (χ3v) is 1.74. The van der Waals surface area contributed by atoms with Crippen LogP contribution in [0.1, 0.15) is 32.2 Å². The van der Waals surface area contributed by atoms with Gasteiger partial charge < -0.3 is 5.73 Å². The Bertz CT molecular complexity index is 264. The van der Waals surface area contributed by atoms with Crippen LogP contribution in [0.25, 0.3) is 0 Å². The first kappa shape index (κ1) is 9.04. The fourth-order valence-electron chi connectivity index (χ4n) is 1.08. The number of aromatic nitrogens is 1. The zero-order valence-electron chi connectivity index (χ0n) is 8.18. The van der Waals surface area contributed by atoms with Gasteiger partial charge >= 0.3 is 0 Å². The maximum absolute atomic E-state index is 5.72. The maximum Gasteiger partial charge on any atom is 0.0480 e. The summed E-state index contributed by atoms with van der Waals surface area (Å²) in [6.07, 6.45) is 0. The summed E-state index contributed by atoms with van der Waals surface area (Å²) in [6, 6.07) is 3.82. The number of anilines is 1. The van der Waals surface area contributed by atoms with Gasteiger partial charge in [-0.1, -0.05) is 20.8 Å². The van der Waals surface area contributed by atoms with Crippen LogP contribution < -0.4 is 5.73 Å². The average molecular weight is 164 g/mol. The highest BCUT2D eigenvalue weighted by atomic mass is 14.7. The molecule has 1 aromatic rings. The molecular weight excluding hydrogens is 148 g/mol. The molecule has 2 N–H and O–H groups in total. The van der Waals surface area contributed by atoms with Crippen molar-refractivity contribution in [3.63, 3.8) is 0 Å². The van der Waals surface area contributed by atoms with E-state index in [1.807, 2.05) is 19.1 Å². The topological polar surface area (TPSA) is 38.9 Å². The summed E-state index contributed by atoms with van der Waals surface area (Å²) in [4.78, 5) is 4.43. The number of nitrogens with zero attached hydrogens (tertiary/aromatic N) is 1. The van der Waals surface area contributed by atoms with Crippen LogP contribution in [0.15, 0.2) is 12.1 Å². The number of hydrogen-bond acceptors (Lipinski definition) is 2. The van der Waals surface area contributed by atoms with Crippen LogP contribution in [0.4, 0.5) is 5.69 Å². The van der Waals surface area contributed by atoms with Gasteiger partial charge in [0.15, 0.2) is 0 Å². The highest BCUT2D eigenvalue weighted by Gasteiger charge is 2.15. The zero-order chi connectivity index (χ0) is 9.35. The molecule has 0 radical (unpaired) electrons. The lowest BCUT2D eigenvalue weighted by molar-refractivity contribution is 0.567. The van der Waals surface area contributed by atoms with Gasteiger partial charge in [-0.25, -0.2) is 0 Å². The number of nitrogens with two attached hydrogens (primary N) is 1. The molecule has 0 bridgehead atoms. The van der Waals surface area contributed by atoms with Gasteiger partial charge in [0.05, 0.1) is 0 Å². The lowest BCUT2D eigenvalue weighted by Gasteiger charge is -2.18. The summed E-state index contributed by atoms with van der Waals surface area (Å²) in [5.74, 6) is 0. The van der Waals surface area contributed by atoms with E-state index in [-0.39, 0.29) is 5.41 Å². The minimum atomic E-state index is 0.0835.